The molecule has 3 aliphatic heterocycles. The van der Waals surface area contributed by atoms with Gasteiger partial charge in [-0.05, 0) is 62.1 Å². The second-order valence-corrected chi connectivity index (χ2v) is 10.0. The summed E-state index contributed by atoms with van der Waals surface area (Å²) in [5.74, 6) is 0.501. The van der Waals surface area contributed by atoms with Crippen LogP contribution in [0.1, 0.15) is 36.8 Å². The summed E-state index contributed by atoms with van der Waals surface area (Å²) in [5, 5.41) is 0. The molecule has 34 heavy (non-hydrogen) atoms. The van der Waals surface area contributed by atoms with Gasteiger partial charge >= 0.3 is 0 Å². The van der Waals surface area contributed by atoms with E-state index in [4.69, 9.17) is 0 Å². The highest BCUT2D eigenvalue weighted by Gasteiger charge is 2.31. The zero-order valence-electron chi connectivity index (χ0n) is 20.3. The third-order valence-electron chi connectivity index (χ3n) is 7.64. The van der Waals surface area contributed by atoms with Crippen LogP contribution in [-0.2, 0) is 22.6 Å². The molecular formula is C28H36N4O2. The third-order valence-corrected chi connectivity index (χ3v) is 7.64. The first-order valence-corrected chi connectivity index (χ1v) is 12.8. The fourth-order valence-electron chi connectivity index (χ4n) is 5.57. The van der Waals surface area contributed by atoms with Crippen LogP contribution < -0.4 is 9.80 Å². The molecule has 2 aromatic carbocycles. The summed E-state index contributed by atoms with van der Waals surface area (Å²) in [7, 11) is 2.18. The molecule has 3 fully saturated rings. The highest BCUT2D eigenvalue weighted by molar-refractivity contribution is 5.96. The van der Waals surface area contributed by atoms with Crippen LogP contribution in [0.5, 0.6) is 0 Å². The van der Waals surface area contributed by atoms with Crippen molar-refractivity contribution in [3.8, 4) is 0 Å². The first kappa shape index (κ1) is 22.9. The highest BCUT2D eigenvalue weighted by Crippen LogP contribution is 2.31. The zero-order chi connectivity index (χ0) is 23.5. The summed E-state index contributed by atoms with van der Waals surface area (Å²) >= 11 is 0. The number of carbonyl (C=O) groups is 2. The van der Waals surface area contributed by atoms with Gasteiger partial charge in [0.25, 0.3) is 0 Å². The van der Waals surface area contributed by atoms with Gasteiger partial charge in [-0.3, -0.25) is 9.59 Å². The number of amides is 2. The first-order valence-electron chi connectivity index (χ1n) is 12.8. The number of likely N-dealkylation sites (tertiary alicyclic amines) is 1. The lowest BCUT2D eigenvalue weighted by Crippen LogP contribution is -2.45. The molecule has 0 saturated carbocycles. The Bertz CT molecular complexity index is 1010. The monoisotopic (exact) mass is 460 g/mol. The Kier molecular flexibility index (Phi) is 6.86. The molecule has 6 heteroatoms. The number of para-hydroxylation sites is 1. The van der Waals surface area contributed by atoms with Crippen LogP contribution in [-0.4, -0.2) is 67.9 Å². The van der Waals surface area contributed by atoms with Crippen LogP contribution in [0.25, 0.3) is 0 Å². The van der Waals surface area contributed by atoms with E-state index in [1.807, 2.05) is 21.9 Å². The summed E-state index contributed by atoms with van der Waals surface area (Å²) in [6, 6.07) is 16.9. The zero-order valence-corrected chi connectivity index (χ0v) is 20.3. The smallest absolute Gasteiger partial charge is 0.230 e. The van der Waals surface area contributed by atoms with Crippen molar-refractivity contribution in [3.63, 3.8) is 0 Å². The fraction of sp³-hybridized carbons (Fsp3) is 0.500. The molecule has 0 N–H and O–H groups in total. The molecule has 3 aliphatic rings. The van der Waals surface area contributed by atoms with E-state index in [0.717, 1.165) is 76.2 Å². The largest absolute Gasteiger partial charge is 0.369 e. The van der Waals surface area contributed by atoms with Gasteiger partial charge in [0.2, 0.25) is 11.8 Å². The summed E-state index contributed by atoms with van der Waals surface area (Å²) in [6.07, 6.45) is 4.39. The number of hydrogen-bond donors (Lipinski definition) is 0. The summed E-state index contributed by atoms with van der Waals surface area (Å²) in [4.78, 5) is 34.2. The van der Waals surface area contributed by atoms with Crippen molar-refractivity contribution in [1.29, 1.82) is 0 Å². The molecule has 3 heterocycles. The Hall–Kier alpha value is -2.86. The Morgan fingerprint density at radius 1 is 0.853 bits per heavy atom. The molecule has 5 rings (SSSR count). The molecule has 0 aromatic heterocycles. The normalized spacial score (nSPS) is 22.0. The SMILES string of the molecule is CN1CCN(c2ccccc2CC2CCCN(c3ccc(CN4CCCC4=O)cc3)C2=O)CC1. The molecule has 2 amide bonds. The maximum atomic E-state index is 13.5. The Morgan fingerprint density at radius 3 is 2.35 bits per heavy atom. The minimum atomic E-state index is 0.0178. The molecule has 0 aliphatic carbocycles. The molecule has 6 nitrogen and oxygen atoms in total. The molecule has 2 aromatic rings. The van der Waals surface area contributed by atoms with E-state index >= 15 is 0 Å². The number of benzene rings is 2. The molecule has 0 bridgehead atoms. The lowest BCUT2D eigenvalue weighted by molar-refractivity contribution is -0.128. The quantitative estimate of drug-likeness (QED) is 0.662. The van der Waals surface area contributed by atoms with Crippen molar-refractivity contribution >= 4 is 23.2 Å². The van der Waals surface area contributed by atoms with Crippen molar-refractivity contribution in [2.24, 2.45) is 5.92 Å². The van der Waals surface area contributed by atoms with Gasteiger partial charge in [-0.1, -0.05) is 30.3 Å². The minimum absolute atomic E-state index is 0.0178. The van der Waals surface area contributed by atoms with Crippen LogP contribution >= 0.6 is 0 Å². The van der Waals surface area contributed by atoms with E-state index in [1.54, 1.807) is 0 Å². The summed E-state index contributed by atoms with van der Waals surface area (Å²) < 4.78 is 0. The Morgan fingerprint density at radius 2 is 1.62 bits per heavy atom. The average molecular weight is 461 g/mol. The predicted molar refractivity (Wildman–Crippen MR) is 136 cm³/mol. The van der Waals surface area contributed by atoms with Crippen molar-refractivity contribution in [2.45, 2.75) is 38.6 Å². The minimum Gasteiger partial charge on any atom is -0.369 e. The lowest BCUT2D eigenvalue weighted by Gasteiger charge is -2.36. The molecule has 1 unspecified atom stereocenters. The Balaban J connectivity index is 1.26. The van der Waals surface area contributed by atoms with Crippen molar-refractivity contribution in [2.75, 3.05) is 56.1 Å². The van der Waals surface area contributed by atoms with E-state index in [0.29, 0.717) is 13.0 Å². The maximum Gasteiger partial charge on any atom is 0.230 e. The van der Waals surface area contributed by atoms with E-state index < -0.39 is 0 Å². The van der Waals surface area contributed by atoms with Gasteiger partial charge in [-0.25, -0.2) is 0 Å². The fourth-order valence-corrected chi connectivity index (χ4v) is 5.57. The molecule has 0 radical (unpaired) electrons. The predicted octanol–water partition coefficient (Wildman–Crippen LogP) is 3.55. The lowest BCUT2D eigenvalue weighted by atomic mass is 9.89. The Labute approximate surface area is 203 Å². The van der Waals surface area contributed by atoms with Gasteiger partial charge in [-0.2, -0.15) is 0 Å². The second-order valence-electron chi connectivity index (χ2n) is 10.0. The van der Waals surface area contributed by atoms with Crippen LogP contribution in [0, 0.1) is 5.92 Å². The van der Waals surface area contributed by atoms with Crippen molar-refractivity contribution in [3.05, 3.63) is 59.7 Å². The van der Waals surface area contributed by atoms with Gasteiger partial charge in [-0.15, -0.1) is 0 Å². The standard InChI is InChI=1S/C28H36N4O2/c1-29-16-18-30(19-17-29)26-8-3-2-6-23(26)20-24-7-4-15-32(28(24)34)25-12-10-22(11-13-25)21-31-14-5-9-27(31)33/h2-3,6,8,10-13,24H,4-5,7,9,14-21H2,1H3. The van der Waals surface area contributed by atoms with E-state index in [2.05, 4.69) is 53.2 Å². The number of carbonyl (C=O) groups excluding carboxylic acids is 2. The van der Waals surface area contributed by atoms with E-state index in [1.165, 1.54) is 11.3 Å². The molecular weight excluding hydrogens is 424 g/mol. The maximum absolute atomic E-state index is 13.5. The molecule has 1 atom stereocenters. The third kappa shape index (κ3) is 4.97. The van der Waals surface area contributed by atoms with Crippen LogP contribution in [0.3, 0.4) is 0 Å². The van der Waals surface area contributed by atoms with Gasteiger partial charge < -0.3 is 19.6 Å². The van der Waals surface area contributed by atoms with Crippen molar-refractivity contribution in [1.82, 2.24) is 9.80 Å². The number of piperazine rings is 1. The van der Waals surface area contributed by atoms with Crippen LogP contribution in [0.4, 0.5) is 11.4 Å². The number of anilines is 2. The first-order chi connectivity index (χ1) is 16.6. The van der Waals surface area contributed by atoms with Gasteiger partial charge in [0.15, 0.2) is 0 Å². The summed E-state index contributed by atoms with van der Waals surface area (Å²) in [5.41, 5.74) is 4.68. The number of hydrogen-bond acceptors (Lipinski definition) is 4. The van der Waals surface area contributed by atoms with Gasteiger partial charge in [0, 0.05) is 69.5 Å². The topological polar surface area (TPSA) is 47.1 Å². The number of nitrogens with zero attached hydrogens (tertiary/aromatic N) is 4. The molecule has 0 spiro atoms. The van der Waals surface area contributed by atoms with Gasteiger partial charge in [0.05, 0.1) is 0 Å². The van der Waals surface area contributed by atoms with Crippen LogP contribution in [0.2, 0.25) is 0 Å². The number of rotatable bonds is 6. The van der Waals surface area contributed by atoms with E-state index in [-0.39, 0.29) is 17.7 Å². The average Bonchev–Trinajstić information content (AvgIpc) is 3.26. The van der Waals surface area contributed by atoms with Gasteiger partial charge in [0.1, 0.15) is 0 Å². The number of piperidine rings is 1. The summed E-state index contributed by atoms with van der Waals surface area (Å²) in [6.45, 7) is 6.51. The second kappa shape index (κ2) is 10.2. The molecule has 3 saturated heterocycles. The van der Waals surface area contributed by atoms with Crippen LogP contribution in [0.15, 0.2) is 48.5 Å². The number of likely N-dealkylation sites (N-methyl/N-ethyl adjacent to an activating group) is 1. The molecule has 180 valence electrons. The van der Waals surface area contributed by atoms with E-state index in [9.17, 15) is 9.59 Å². The highest BCUT2D eigenvalue weighted by atomic mass is 16.2. The van der Waals surface area contributed by atoms with Crippen molar-refractivity contribution < 1.29 is 9.59 Å².